The van der Waals surface area contributed by atoms with Crippen LogP contribution in [-0.2, 0) is 0 Å². The molecule has 1 heterocycles. The number of pyridine rings is 1. The van der Waals surface area contributed by atoms with Crippen LogP contribution >= 0.6 is 31.9 Å². The Morgan fingerprint density at radius 3 is 2.48 bits per heavy atom. The summed E-state index contributed by atoms with van der Waals surface area (Å²) in [4.78, 5) is 15.6. The standard InChI is InChI=1S/C14H11Br2N3O2/c1-21-13-11(15)6-9(7-12(13)16)8-18-19-14(20)10-2-4-17-5-3-10/h2-8H,1H3,(H,19,20)/b18-8+. The highest BCUT2D eigenvalue weighted by molar-refractivity contribution is 9.11. The predicted molar refractivity (Wildman–Crippen MR) is 87.7 cm³/mol. The van der Waals surface area contributed by atoms with Crippen LogP contribution in [0.2, 0.25) is 0 Å². The first kappa shape index (κ1) is 15.7. The molecule has 1 amide bonds. The molecule has 0 aliphatic rings. The van der Waals surface area contributed by atoms with Crippen LogP contribution < -0.4 is 10.2 Å². The number of benzene rings is 1. The normalized spacial score (nSPS) is 10.6. The lowest BCUT2D eigenvalue weighted by Crippen LogP contribution is -2.17. The van der Waals surface area contributed by atoms with Gasteiger partial charge in [0.15, 0.2) is 0 Å². The van der Waals surface area contributed by atoms with Crippen molar-refractivity contribution >= 4 is 44.0 Å². The van der Waals surface area contributed by atoms with Crippen molar-refractivity contribution in [3.05, 3.63) is 56.7 Å². The monoisotopic (exact) mass is 411 g/mol. The zero-order chi connectivity index (χ0) is 15.2. The lowest BCUT2D eigenvalue weighted by atomic mass is 10.2. The molecule has 0 saturated heterocycles. The van der Waals surface area contributed by atoms with Crippen LogP contribution in [0.15, 0.2) is 50.7 Å². The van der Waals surface area contributed by atoms with Gasteiger partial charge < -0.3 is 4.74 Å². The number of carbonyl (C=O) groups is 1. The Morgan fingerprint density at radius 1 is 1.29 bits per heavy atom. The predicted octanol–water partition coefficient (Wildman–Crippen LogP) is 3.38. The van der Waals surface area contributed by atoms with Gasteiger partial charge in [-0.05, 0) is 61.7 Å². The van der Waals surface area contributed by atoms with Gasteiger partial charge in [0, 0.05) is 18.0 Å². The van der Waals surface area contributed by atoms with E-state index in [1.165, 1.54) is 0 Å². The number of nitrogens with one attached hydrogen (secondary N) is 1. The van der Waals surface area contributed by atoms with Gasteiger partial charge in [0.2, 0.25) is 0 Å². The maximum atomic E-state index is 11.8. The van der Waals surface area contributed by atoms with Crippen molar-refractivity contribution in [1.82, 2.24) is 10.4 Å². The summed E-state index contributed by atoms with van der Waals surface area (Å²) in [5.74, 6) is 0.410. The van der Waals surface area contributed by atoms with Crippen molar-refractivity contribution in [3.63, 3.8) is 0 Å². The molecule has 0 aliphatic heterocycles. The third-order valence-electron chi connectivity index (χ3n) is 2.55. The molecule has 2 rings (SSSR count). The third kappa shape index (κ3) is 4.12. The molecule has 2 aromatic rings. The molecule has 1 N–H and O–H groups in total. The first-order valence-corrected chi connectivity index (χ1v) is 7.47. The highest BCUT2D eigenvalue weighted by atomic mass is 79.9. The third-order valence-corrected chi connectivity index (χ3v) is 3.73. The fourth-order valence-electron chi connectivity index (χ4n) is 1.58. The minimum Gasteiger partial charge on any atom is -0.494 e. The highest BCUT2D eigenvalue weighted by Gasteiger charge is 2.07. The fraction of sp³-hybridized carbons (Fsp3) is 0.0714. The number of ether oxygens (including phenoxy) is 1. The van der Waals surface area contributed by atoms with Gasteiger partial charge >= 0.3 is 0 Å². The Labute approximate surface area is 138 Å². The number of nitrogens with zero attached hydrogens (tertiary/aromatic N) is 2. The van der Waals surface area contributed by atoms with Gasteiger partial charge in [-0.15, -0.1) is 0 Å². The maximum Gasteiger partial charge on any atom is 0.271 e. The second-order valence-electron chi connectivity index (χ2n) is 3.95. The quantitative estimate of drug-likeness (QED) is 0.618. The summed E-state index contributed by atoms with van der Waals surface area (Å²) in [5.41, 5.74) is 3.76. The maximum absolute atomic E-state index is 11.8. The van der Waals surface area contributed by atoms with E-state index in [-0.39, 0.29) is 5.91 Å². The van der Waals surface area contributed by atoms with Crippen molar-refractivity contribution in [1.29, 1.82) is 0 Å². The second kappa shape index (κ2) is 7.33. The van der Waals surface area contributed by atoms with Gasteiger partial charge in [0.25, 0.3) is 5.91 Å². The number of carbonyl (C=O) groups excluding carboxylic acids is 1. The number of hydrazone groups is 1. The van der Waals surface area contributed by atoms with Gasteiger partial charge in [-0.3, -0.25) is 9.78 Å². The number of aromatic nitrogens is 1. The summed E-state index contributed by atoms with van der Waals surface area (Å²) in [6.07, 6.45) is 4.65. The minimum absolute atomic E-state index is 0.291. The van der Waals surface area contributed by atoms with Gasteiger partial charge in [-0.2, -0.15) is 5.10 Å². The van der Waals surface area contributed by atoms with Crippen LogP contribution in [-0.4, -0.2) is 24.2 Å². The number of hydrogen-bond acceptors (Lipinski definition) is 4. The van der Waals surface area contributed by atoms with Gasteiger partial charge in [-0.25, -0.2) is 5.43 Å². The molecule has 0 spiro atoms. The number of hydrogen-bond donors (Lipinski definition) is 1. The van der Waals surface area contributed by atoms with E-state index in [2.05, 4.69) is 47.4 Å². The summed E-state index contributed by atoms with van der Waals surface area (Å²) in [7, 11) is 1.59. The van der Waals surface area contributed by atoms with Crippen molar-refractivity contribution in [2.75, 3.05) is 7.11 Å². The summed E-state index contributed by atoms with van der Waals surface area (Å²) in [6, 6.07) is 6.91. The van der Waals surface area contributed by atoms with E-state index in [9.17, 15) is 4.79 Å². The summed E-state index contributed by atoms with van der Waals surface area (Å²) in [5, 5.41) is 3.93. The van der Waals surface area contributed by atoms with Crippen molar-refractivity contribution in [2.24, 2.45) is 5.10 Å². The van der Waals surface area contributed by atoms with E-state index in [4.69, 9.17) is 4.74 Å². The van der Waals surface area contributed by atoms with E-state index >= 15 is 0 Å². The first-order valence-electron chi connectivity index (χ1n) is 5.88. The van der Waals surface area contributed by atoms with Gasteiger partial charge in [-0.1, -0.05) is 0 Å². The second-order valence-corrected chi connectivity index (χ2v) is 5.66. The zero-order valence-corrected chi connectivity index (χ0v) is 14.2. The molecule has 0 unspecified atom stereocenters. The molecule has 5 nitrogen and oxygen atoms in total. The average molecular weight is 413 g/mol. The summed E-state index contributed by atoms with van der Waals surface area (Å²) >= 11 is 6.81. The van der Waals surface area contributed by atoms with Crippen LogP contribution in [0.1, 0.15) is 15.9 Å². The van der Waals surface area contributed by atoms with E-state index < -0.39 is 0 Å². The molecule has 0 bridgehead atoms. The molecule has 0 radical (unpaired) electrons. The SMILES string of the molecule is COc1c(Br)cc(/C=N/NC(=O)c2ccncc2)cc1Br. The molecular weight excluding hydrogens is 402 g/mol. The fourth-order valence-corrected chi connectivity index (χ4v) is 3.13. The largest absolute Gasteiger partial charge is 0.494 e. The van der Waals surface area contributed by atoms with Crippen LogP contribution in [0.25, 0.3) is 0 Å². The van der Waals surface area contributed by atoms with Crippen LogP contribution in [0.4, 0.5) is 0 Å². The Bertz CT molecular complexity index is 652. The Balaban J connectivity index is 2.07. The first-order chi connectivity index (χ1) is 10.1. The number of halogens is 2. The van der Waals surface area contributed by atoms with Gasteiger partial charge in [0.05, 0.1) is 22.3 Å². The number of rotatable bonds is 4. The van der Waals surface area contributed by atoms with Gasteiger partial charge in [0.1, 0.15) is 5.75 Å². The molecule has 0 saturated carbocycles. The van der Waals surface area contributed by atoms with Crippen molar-refractivity contribution in [3.8, 4) is 5.75 Å². The molecule has 108 valence electrons. The molecule has 1 aromatic carbocycles. The molecular formula is C14H11Br2N3O2. The minimum atomic E-state index is -0.291. The topological polar surface area (TPSA) is 63.6 Å². The van der Waals surface area contributed by atoms with E-state index in [0.29, 0.717) is 11.3 Å². The summed E-state index contributed by atoms with van der Waals surface area (Å²) in [6.45, 7) is 0. The summed E-state index contributed by atoms with van der Waals surface area (Å²) < 4.78 is 6.80. The van der Waals surface area contributed by atoms with E-state index in [1.807, 2.05) is 12.1 Å². The molecule has 21 heavy (non-hydrogen) atoms. The molecule has 0 atom stereocenters. The van der Waals surface area contributed by atoms with Crippen LogP contribution in [0, 0.1) is 0 Å². The van der Waals surface area contributed by atoms with Crippen LogP contribution in [0.3, 0.4) is 0 Å². The number of methoxy groups -OCH3 is 1. The lowest BCUT2D eigenvalue weighted by Gasteiger charge is -2.06. The van der Waals surface area contributed by atoms with Crippen LogP contribution in [0.5, 0.6) is 5.75 Å². The molecule has 7 heteroatoms. The van der Waals surface area contributed by atoms with E-state index in [1.54, 1.807) is 37.9 Å². The van der Waals surface area contributed by atoms with E-state index in [0.717, 1.165) is 14.5 Å². The molecule has 1 aromatic heterocycles. The Morgan fingerprint density at radius 2 is 1.90 bits per heavy atom. The molecule has 0 aliphatic carbocycles. The van der Waals surface area contributed by atoms with Crippen molar-refractivity contribution in [2.45, 2.75) is 0 Å². The number of amides is 1. The highest BCUT2D eigenvalue weighted by Crippen LogP contribution is 2.33. The average Bonchev–Trinajstić information content (AvgIpc) is 2.48. The molecule has 0 fully saturated rings. The van der Waals surface area contributed by atoms with Crippen molar-refractivity contribution < 1.29 is 9.53 Å². The Kier molecular flexibility index (Phi) is 5.46. The zero-order valence-electron chi connectivity index (χ0n) is 11.0. The lowest BCUT2D eigenvalue weighted by molar-refractivity contribution is 0.0955. The smallest absolute Gasteiger partial charge is 0.271 e. The Hall–Kier alpha value is -1.73.